The number of halogens is 2. The molecule has 1 fully saturated rings. The van der Waals surface area contributed by atoms with Crippen LogP contribution in [0, 0.1) is 6.92 Å². The second-order valence-electron chi connectivity index (χ2n) is 6.94. The third-order valence-corrected chi connectivity index (χ3v) is 6.11. The third kappa shape index (κ3) is 5.00. The summed E-state index contributed by atoms with van der Waals surface area (Å²) in [6, 6.07) is 6.78. The Kier molecular flexibility index (Phi) is 6.67. The van der Waals surface area contributed by atoms with E-state index in [9.17, 15) is 4.79 Å². The Morgan fingerprint density at radius 1 is 1.30 bits per heavy atom. The quantitative estimate of drug-likeness (QED) is 0.489. The average molecular weight is 467 g/mol. The largest absolute Gasteiger partial charge is 0.469 e. The molecule has 3 aromatic rings. The second kappa shape index (κ2) is 9.43. The van der Waals surface area contributed by atoms with Gasteiger partial charge in [-0.1, -0.05) is 35.0 Å². The Morgan fingerprint density at radius 2 is 2.10 bits per heavy atom. The lowest BCUT2D eigenvalue weighted by molar-refractivity contribution is -0.113. The number of furan rings is 1. The average Bonchev–Trinajstić information content (AvgIpc) is 3.41. The highest BCUT2D eigenvalue weighted by Crippen LogP contribution is 2.29. The van der Waals surface area contributed by atoms with Crippen LogP contribution in [0.2, 0.25) is 10.0 Å². The van der Waals surface area contributed by atoms with Crippen LogP contribution in [0.3, 0.4) is 0 Å². The van der Waals surface area contributed by atoms with Gasteiger partial charge in [-0.2, -0.15) is 0 Å². The summed E-state index contributed by atoms with van der Waals surface area (Å²) < 4.78 is 13.2. The van der Waals surface area contributed by atoms with Crippen LogP contribution >= 0.6 is 35.0 Å². The van der Waals surface area contributed by atoms with E-state index in [4.69, 9.17) is 32.4 Å². The molecule has 158 valence electrons. The molecule has 1 atom stereocenters. The van der Waals surface area contributed by atoms with E-state index in [1.807, 2.05) is 17.6 Å². The third-order valence-electron chi connectivity index (χ3n) is 4.71. The lowest BCUT2D eigenvalue weighted by Crippen LogP contribution is -2.18. The van der Waals surface area contributed by atoms with Crippen LogP contribution in [0.1, 0.15) is 18.6 Å². The molecular weight excluding hydrogens is 447 g/mol. The predicted octanol–water partition coefficient (Wildman–Crippen LogP) is 5.06. The zero-order chi connectivity index (χ0) is 21.1. The maximum Gasteiger partial charge on any atom is 0.234 e. The summed E-state index contributed by atoms with van der Waals surface area (Å²) in [6.07, 6.45) is 3.77. The van der Waals surface area contributed by atoms with Gasteiger partial charge in [-0.05, 0) is 44.0 Å². The number of aromatic nitrogens is 3. The summed E-state index contributed by atoms with van der Waals surface area (Å²) in [7, 11) is 0. The van der Waals surface area contributed by atoms with Crippen molar-refractivity contribution >= 4 is 46.6 Å². The minimum absolute atomic E-state index is 0.105. The first kappa shape index (κ1) is 21.2. The summed E-state index contributed by atoms with van der Waals surface area (Å²) in [5.74, 6) is 1.45. The van der Waals surface area contributed by atoms with E-state index in [1.165, 1.54) is 11.8 Å². The summed E-state index contributed by atoms with van der Waals surface area (Å²) in [5.41, 5.74) is 1.43. The molecule has 1 saturated heterocycles. The Labute approximate surface area is 188 Å². The number of ether oxygens (including phenoxy) is 1. The van der Waals surface area contributed by atoms with Gasteiger partial charge >= 0.3 is 0 Å². The van der Waals surface area contributed by atoms with E-state index < -0.39 is 0 Å². The first-order chi connectivity index (χ1) is 14.5. The van der Waals surface area contributed by atoms with Crippen LogP contribution in [-0.2, 0) is 16.1 Å². The van der Waals surface area contributed by atoms with Crippen LogP contribution in [0.25, 0.3) is 11.4 Å². The number of nitrogens with one attached hydrogen (secondary N) is 1. The fraction of sp³-hybridized carbons (Fsp3) is 0.350. The van der Waals surface area contributed by atoms with Gasteiger partial charge in [0.05, 0.1) is 30.2 Å². The van der Waals surface area contributed by atoms with Crippen molar-refractivity contribution in [2.75, 3.05) is 17.7 Å². The van der Waals surface area contributed by atoms with Gasteiger partial charge in [0.1, 0.15) is 5.76 Å². The number of anilines is 1. The van der Waals surface area contributed by atoms with E-state index in [0.717, 1.165) is 30.8 Å². The Hall–Kier alpha value is -2.00. The SMILES string of the molecule is Cc1occc1-c1nnc(SCC(=O)Nc2cc(Cl)cc(Cl)c2)n1CC1CCCO1. The van der Waals surface area contributed by atoms with Gasteiger partial charge in [0.2, 0.25) is 5.91 Å². The van der Waals surface area contributed by atoms with Crippen LogP contribution in [0.4, 0.5) is 5.69 Å². The van der Waals surface area contributed by atoms with Crippen LogP contribution < -0.4 is 5.32 Å². The molecule has 1 unspecified atom stereocenters. The molecule has 1 aliphatic heterocycles. The number of carbonyl (C=O) groups is 1. The summed E-state index contributed by atoms with van der Waals surface area (Å²) in [5, 5.41) is 13.1. The monoisotopic (exact) mass is 466 g/mol. The smallest absolute Gasteiger partial charge is 0.234 e. The number of hydrogen-bond acceptors (Lipinski definition) is 6. The molecule has 4 rings (SSSR count). The van der Waals surface area contributed by atoms with Crippen LogP contribution in [-0.4, -0.2) is 39.1 Å². The molecule has 10 heteroatoms. The number of aryl methyl sites for hydroxylation is 1. The highest BCUT2D eigenvalue weighted by atomic mass is 35.5. The van der Waals surface area contributed by atoms with Crippen LogP contribution in [0.5, 0.6) is 0 Å². The molecule has 0 radical (unpaired) electrons. The van der Waals surface area contributed by atoms with Crippen molar-refractivity contribution in [2.45, 2.75) is 37.6 Å². The van der Waals surface area contributed by atoms with Gasteiger partial charge in [-0.15, -0.1) is 10.2 Å². The molecule has 0 aliphatic carbocycles. The molecular formula is C20H20Cl2N4O3S. The molecule has 2 aromatic heterocycles. The second-order valence-corrected chi connectivity index (χ2v) is 8.75. The van der Waals surface area contributed by atoms with E-state index in [2.05, 4.69) is 15.5 Å². The van der Waals surface area contributed by atoms with Gasteiger partial charge in [-0.3, -0.25) is 9.36 Å². The molecule has 3 heterocycles. The Bertz CT molecular complexity index is 1030. The number of benzene rings is 1. The van der Waals surface area contributed by atoms with Crippen molar-refractivity contribution in [1.82, 2.24) is 14.8 Å². The lowest BCUT2D eigenvalue weighted by Gasteiger charge is -2.14. The van der Waals surface area contributed by atoms with Gasteiger partial charge in [0.25, 0.3) is 0 Å². The molecule has 1 N–H and O–H groups in total. The minimum atomic E-state index is -0.189. The van der Waals surface area contributed by atoms with Crippen molar-refractivity contribution in [2.24, 2.45) is 0 Å². The molecule has 1 aromatic carbocycles. The highest BCUT2D eigenvalue weighted by molar-refractivity contribution is 7.99. The van der Waals surface area contributed by atoms with E-state index in [1.54, 1.807) is 24.5 Å². The number of carbonyl (C=O) groups excluding carboxylic acids is 1. The number of amides is 1. The van der Waals surface area contributed by atoms with Crippen molar-refractivity contribution in [3.8, 4) is 11.4 Å². The lowest BCUT2D eigenvalue weighted by atomic mass is 10.2. The van der Waals surface area contributed by atoms with Crippen molar-refractivity contribution in [3.63, 3.8) is 0 Å². The normalized spacial score (nSPS) is 16.2. The van der Waals surface area contributed by atoms with E-state index in [-0.39, 0.29) is 17.8 Å². The molecule has 1 aliphatic rings. The maximum atomic E-state index is 12.4. The Morgan fingerprint density at radius 3 is 2.77 bits per heavy atom. The van der Waals surface area contributed by atoms with Gasteiger partial charge < -0.3 is 14.5 Å². The molecule has 30 heavy (non-hydrogen) atoms. The first-order valence-electron chi connectivity index (χ1n) is 9.47. The summed E-state index contributed by atoms with van der Waals surface area (Å²) in [6.45, 7) is 3.28. The van der Waals surface area contributed by atoms with Gasteiger partial charge in [0, 0.05) is 22.3 Å². The zero-order valence-corrected chi connectivity index (χ0v) is 18.6. The van der Waals surface area contributed by atoms with Crippen molar-refractivity contribution in [3.05, 3.63) is 46.3 Å². The summed E-state index contributed by atoms with van der Waals surface area (Å²) >= 11 is 13.3. The van der Waals surface area contributed by atoms with E-state index in [0.29, 0.717) is 33.3 Å². The molecule has 0 saturated carbocycles. The van der Waals surface area contributed by atoms with Gasteiger partial charge in [-0.25, -0.2) is 0 Å². The predicted molar refractivity (Wildman–Crippen MR) is 117 cm³/mol. The topological polar surface area (TPSA) is 82.2 Å². The van der Waals surface area contributed by atoms with E-state index >= 15 is 0 Å². The number of rotatable bonds is 7. The minimum Gasteiger partial charge on any atom is -0.469 e. The van der Waals surface area contributed by atoms with Crippen molar-refractivity contribution < 1.29 is 13.9 Å². The fourth-order valence-electron chi connectivity index (χ4n) is 3.32. The molecule has 0 spiro atoms. The number of nitrogens with zero attached hydrogens (tertiary/aromatic N) is 3. The highest BCUT2D eigenvalue weighted by Gasteiger charge is 2.23. The summed E-state index contributed by atoms with van der Waals surface area (Å²) in [4.78, 5) is 12.4. The zero-order valence-electron chi connectivity index (χ0n) is 16.2. The fourth-order valence-corrected chi connectivity index (χ4v) is 4.60. The Balaban J connectivity index is 1.49. The molecule has 7 nitrogen and oxygen atoms in total. The maximum absolute atomic E-state index is 12.4. The molecule has 0 bridgehead atoms. The number of hydrogen-bond donors (Lipinski definition) is 1. The first-order valence-corrected chi connectivity index (χ1v) is 11.2. The molecule has 1 amide bonds. The van der Waals surface area contributed by atoms with Crippen molar-refractivity contribution in [1.29, 1.82) is 0 Å². The van der Waals surface area contributed by atoms with Crippen LogP contribution in [0.15, 0.2) is 40.1 Å². The standard InChI is InChI=1S/C20H20Cl2N4O3S/c1-12-17(4-6-28-12)19-24-25-20(26(19)10-16-3-2-5-29-16)30-11-18(27)23-15-8-13(21)7-14(22)9-15/h4,6-9,16H,2-3,5,10-11H2,1H3,(H,23,27). The number of thioether (sulfide) groups is 1. The van der Waals surface area contributed by atoms with Gasteiger partial charge in [0.15, 0.2) is 11.0 Å².